The van der Waals surface area contributed by atoms with Crippen molar-refractivity contribution in [2.45, 2.75) is 71.1 Å². The normalized spacial score (nSPS) is 11.3. The second kappa shape index (κ2) is 8.60. The topological polar surface area (TPSA) is 63.0 Å². The third-order valence-corrected chi connectivity index (χ3v) is 3.89. The summed E-state index contributed by atoms with van der Waals surface area (Å²) in [6.45, 7) is 2.25. The molecule has 5 nitrogen and oxygen atoms in total. The van der Waals surface area contributed by atoms with Crippen LogP contribution in [0.1, 0.15) is 70.4 Å². The van der Waals surface area contributed by atoms with Crippen molar-refractivity contribution >= 4 is 5.78 Å². The molecule has 2 rings (SSSR count). The van der Waals surface area contributed by atoms with Gasteiger partial charge < -0.3 is 0 Å². The number of unbranched alkanes of at least 4 members (excludes halogenated alkanes) is 8. The molecular formula is C16H26N4O. The summed E-state index contributed by atoms with van der Waals surface area (Å²) in [5, 5.41) is 4.15. The van der Waals surface area contributed by atoms with E-state index in [-0.39, 0.29) is 5.56 Å². The number of fused-ring (bicyclic) bond motifs is 1. The predicted octanol–water partition coefficient (Wildman–Crippen LogP) is 3.49. The molecule has 0 saturated carbocycles. The van der Waals surface area contributed by atoms with Crippen LogP contribution in [-0.4, -0.2) is 19.6 Å². The first-order chi connectivity index (χ1) is 10.3. The van der Waals surface area contributed by atoms with Crippen LogP contribution < -0.4 is 5.56 Å². The lowest BCUT2D eigenvalue weighted by molar-refractivity contribution is 0.562. The highest BCUT2D eigenvalue weighted by molar-refractivity contribution is 5.26. The minimum Gasteiger partial charge on any atom is -0.291 e. The van der Waals surface area contributed by atoms with Crippen molar-refractivity contribution in [2.75, 3.05) is 0 Å². The zero-order valence-corrected chi connectivity index (χ0v) is 13.0. The number of H-pyrrole nitrogens is 1. The van der Waals surface area contributed by atoms with Crippen LogP contribution in [0.15, 0.2) is 17.2 Å². The Hall–Kier alpha value is -1.65. The first kappa shape index (κ1) is 15.7. The Bertz CT molecular complexity index is 587. The number of aromatic nitrogens is 4. The van der Waals surface area contributed by atoms with Gasteiger partial charge in [-0.3, -0.25) is 9.78 Å². The standard InChI is InChI=1S/C16H26N4O/c1-2-3-4-5-6-7-8-9-10-11-14-12-15(21)19-16-17-13-18-20(14)16/h12-13H,2-11H2,1H3,(H,17,18,19,21). The third kappa shape index (κ3) is 4.99. The molecule has 0 fully saturated rings. The highest BCUT2D eigenvalue weighted by atomic mass is 16.1. The van der Waals surface area contributed by atoms with E-state index in [4.69, 9.17) is 0 Å². The molecule has 0 aromatic carbocycles. The summed E-state index contributed by atoms with van der Waals surface area (Å²) in [5.74, 6) is 0.536. The molecule has 2 heterocycles. The molecule has 0 bridgehead atoms. The number of aromatic amines is 1. The molecule has 0 aliphatic rings. The van der Waals surface area contributed by atoms with E-state index in [9.17, 15) is 4.79 Å². The van der Waals surface area contributed by atoms with Crippen molar-refractivity contribution in [3.8, 4) is 0 Å². The number of nitrogens with one attached hydrogen (secondary N) is 1. The van der Waals surface area contributed by atoms with Gasteiger partial charge in [-0.05, 0) is 12.8 Å². The van der Waals surface area contributed by atoms with E-state index in [1.807, 2.05) is 0 Å². The molecule has 0 saturated heterocycles. The van der Waals surface area contributed by atoms with Crippen LogP contribution in [0.3, 0.4) is 0 Å². The highest BCUT2D eigenvalue weighted by Gasteiger charge is 2.04. The minimum atomic E-state index is -0.0959. The summed E-state index contributed by atoms with van der Waals surface area (Å²) in [7, 11) is 0. The Morgan fingerprint density at radius 2 is 1.71 bits per heavy atom. The van der Waals surface area contributed by atoms with Crippen LogP contribution in [0.5, 0.6) is 0 Å². The SMILES string of the molecule is CCCCCCCCCCCc1cc(=O)[nH]c2ncnn12. The van der Waals surface area contributed by atoms with E-state index in [1.165, 1.54) is 57.7 Å². The van der Waals surface area contributed by atoms with Gasteiger partial charge in [0.05, 0.1) is 5.69 Å². The Kier molecular flexibility index (Phi) is 6.44. The highest BCUT2D eigenvalue weighted by Crippen LogP contribution is 2.11. The van der Waals surface area contributed by atoms with Gasteiger partial charge in [-0.25, -0.2) is 4.52 Å². The van der Waals surface area contributed by atoms with Crippen molar-refractivity contribution in [2.24, 2.45) is 0 Å². The lowest BCUT2D eigenvalue weighted by Gasteiger charge is -2.04. The summed E-state index contributed by atoms with van der Waals surface area (Å²) in [5.41, 5.74) is 0.857. The molecule has 21 heavy (non-hydrogen) atoms. The van der Waals surface area contributed by atoms with Gasteiger partial charge in [0.15, 0.2) is 0 Å². The van der Waals surface area contributed by atoms with Crippen molar-refractivity contribution in [1.82, 2.24) is 19.6 Å². The first-order valence-electron chi connectivity index (χ1n) is 8.23. The fraction of sp³-hybridized carbons (Fsp3) is 0.688. The summed E-state index contributed by atoms with van der Waals surface area (Å²) >= 11 is 0. The number of hydrogen-bond acceptors (Lipinski definition) is 3. The van der Waals surface area contributed by atoms with Gasteiger partial charge in [0, 0.05) is 6.07 Å². The maximum absolute atomic E-state index is 11.5. The Labute approximate surface area is 125 Å². The van der Waals surface area contributed by atoms with E-state index in [0.717, 1.165) is 18.5 Å². The molecule has 0 atom stereocenters. The van der Waals surface area contributed by atoms with E-state index in [1.54, 1.807) is 10.6 Å². The van der Waals surface area contributed by atoms with Crippen LogP contribution >= 0.6 is 0 Å². The zero-order valence-electron chi connectivity index (χ0n) is 13.0. The molecule has 0 aliphatic carbocycles. The van der Waals surface area contributed by atoms with Gasteiger partial charge in [0.1, 0.15) is 6.33 Å². The van der Waals surface area contributed by atoms with Gasteiger partial charge in [0.25, 0.3) is 5.56 Å². The van der Waals surface area contributed by atoms with Gasteiger partial charge in [-0.15, -0.1) is 0 Å². The van der Waals surface area contributed by atoms with Crippen LogP contribution in [0.25, 0.3) is 5.78 Å². The second-order valence-electron chi connectivity index (χ2n) is 5.70. The minimum absolute atomic E-state index is 0.0959. The van der Waals surface area contributed by atoms with Gasteiger partial charge in [0.2, 0.25) is 5.78 Å². The fourth-order valence-electron chi connectivity index (χ4n) is 2.69. The van der Waals surface area contributed by atoms with Gasteiger partial charge in [-0.2, -0.15) is 10.1 Å². The average molecular weight is 290 g/mol. The summed E-state index contributed by atoms with van der Waals surface area (Å²) in [6.07, 6.45) is 14.1. The quantitative estimate of drug-likeness (QED) is 0.681. The van der Waals surface area contributed by atoms with Crippen LogP contribution in [0.4, 0.5) is 0 Å². The Morgan fingerprint density at radius 3 is 2.43 bits per heavy atom. The number of nitrogens with zero attached hydrogens (tertiary/aromatic N) is 3. The van der Waals surface area contributed by atoms with Crippen molar-refractivity contribution in [3.05, 3.63) is 28.4 Å². The Morgan fingerprint density at radius 1 is 1.05 bits per heavy atom. The average Bonchev–Trinajstić information content (AvgIpc) is 2.93. The number of rotatable bonds is 10. The molecule has 1 N–H and O–H groups in total. The zero-order chi connectivity index (χ0) is 14.9. The van der Waals surface area contributed by atoms with Crippen molar-refractivity contribution < 1.29 is 0 Å². The predicted molar refractivity (Wildman–Crippen MR) is 84.5 cm³/mol. The monoisotopic (exact) mass is 290 g/mol. The first-order valence-corrected chi connectivity index (χ1v) is 8.23. The van der Waals surface area contributed by atoms with Crippen LogP contribution in [0.2, 0.25) is 0 Å². The molecule has 5 heteroatoms. The maximum Gasteiger partial charge on any atom is 0.252 e. The molecule has 0 spiro atoms. The second-order valence-corrected chi connectivity index (χ2v) is 5.70. The lowest BCUT2D eigenvalue weighted by atomic mass is 10.1. The molecule has 0 amide bonds. The number of aryl methyl sites for hydroxylation is 1. The smallest absolute Gasteiger partial charge is 0.252 e. The number of hydrogen-bond donors (Lipinski definition) is 1. The summed E-state index contributed by atoms with van der Waals surface area (Å²) in [4.78, 5) is 18.2. The summed E-state index contributed by atoms with van der Waals surface area (Å²) < 4.78 is 1.73. The Balaban J connectivity index is 1.66. The maximum atomic E-state index is 11.5. The molecule has 0 radical (unpaired) electrons. The molecule has 2 aromatic heterocycles. The van der Waals surface area contributed by atoms with E-state index in [0.29, 0.717) is 5.78 Å². The van der Waals surface area contributed by atoms with Gasteiger partial charge >= 0.3 is 0 Å². The molecule has 2 aromatic rings. The molecule has 0 unspecified atom stereocenters. The van der Waals surface area contributed by atoms with Gasteiger partial charge in [-0.1, -0.05) is 58.3 Å². The van der Waals surface area contributed by atoms with Crippen molar-refractivity contribution in [1.29, 1.82) is 0 Å². The molecular weight excluding hydrogens is 264 g/mol. The molecule has 116 valence electrons. The van der Waals surface area contributed by atoms with E-state index in [2.05, 4.69) is 22.0 Å². The van der Waals surface area contributed by atoms with Crippen LogP contribution in [0, 0.1) is 0 Å². The molecule has 0 aliphatic heterocycles. The largest absolute Gasteiger partial charge is 0.291 e. The summed E-state index contributed by atoms with van der Waals surface area (Å²) in [6, 6.07) is 1.63. The fourth-order valence-corrected chi connectivity index (χ4v) is 2.69. The van der Waals surface area contributed by atoms with E-state index >= 15 is 0 Å². The van der Waals surface area contributed by atoms with E-state index < -0.39 is 0 Å². The third-order valence-electron chi connectivity index (χ3n) is 3.89. The van der Waals surface area contributed by atoms with Crippen molar-refractivity contribution in [3.63, 3.8) is 0 Å². The lowest BCUT2D eigenvalue weighted by Crippen LogP contribution is -2.12. The van der Waals surface area contributed by atoms with Crippen LogP contribution in [-0.2, 0) is 6.42 Å².